The molecule has 0 unspecified atom stereocenters. The van der Waals surface area contributed by atoms with E-state index in [-0.39, 0.29) is 17.2 Å². The fraction of sp³-hybridized carbons (Fsp3) is 0.167. The van der Waals surface area contributed by atoms with Crippen molar-refractivity contribution in [3.8, 4) is 0 Å². The number of rotatable bonds is 5. The quantitative estimate of drug-likeness (QED) is 0.743. The summed E-state index contributed by atoms with van der Waals surface area (Å²) in [7, 11) is 0. The van der Waals surface area contributed by atoms with Crippen LogP contribution in [0.2, 0.25) is 5.02 Å². The van der Waals surface area contributed by atoms with Crippen molar-refractivity contribution in [3.05, 3.63) is 75.3 Å². The lowest BCUT2D eigenvalue weighted by Gasteiger charge is -2.06. The fourth-order valence-electron chi connectivity index (χ4n) is 2.37. The van der Waals surface area contributed by atoms with Crippen LogP contribution in [0.4, 0.5) is 5.69 Å². The first-order chi connectivity index (χ1) is 12.0. The smallest absolute Gasteiger partial charge is 0.258 e. The van der Waals surface area contributed by atoms with E-state index < -0.39 is 0 Å². The molecule has 0 radical (unpaired) electrons. The van der Waals surface area contributed by atoms with Gasteiger partial charge in [0.25, 0.3) is 5.56 Å². The summed E-state index contributed by atoms with van der Waals surface area (Å²) < 4.78 is 1.40. The largest absolute Gasteiger partial charge is 0.325 e. The predicted molar refractivity (Wildman–Crippen MR) is 102 cm³/mol. The van der Waals surface area contributed by atoms with Gasteiger partial charge in [-0.15, -0.1) is 11.8 Å². The third-order valence-corrected chi connectivity index (χ3v) is 4.65. The van der Waals surface area contributed by atoms with Crippen molar-refractivity contribution >= 4 is 40.6 Å². The molecule has 0 saturated heterocycles. The number of pyridine rings is 1. The highest BCUT2D eigenvalue weighted by atomic mass is 35.5. The monoisotopic (exact) mass is 373 g/mol. The van der Waals surface area contributed by atoms with Gasteiger partial charge in [0.2, 0.25) is 5.91 Å². The number of thioether (sulfide) groups is 1. The molecule has 3 aromatic rings. The molecule has 128 valence electrons. The molecule has 0 saturated carbocycles. The first-order valence-corrected chi connectivity index (χ1v) is 9.17. The average molecular weight is 374 g/mol. The van der Waals surface area contributed by atoms with Gasteiger partial charge in [-0.2, -0.15) is 0 Å². The molecule has 7 heteroatoms. The van der Waals surface area contributed by atoms with E-state index in [2.05, 4.69) is 10.3 Å². The van der Waals surface area contributed by atoms with Gasteiger partial charge in [0, 0.05) is 23.7 Å². The molecule has 1 aromatic carbocycles. The van der Waals surface area contributed by atoms with Crippen LogP contribution >= 0.6 is 23.4 Å². The Bertz CT molecular complexity index is 987. The highest BCUT2D eigenvalue weighted by Crippen LogP contribution is 2.14. The second-order valence-electron chi connectivity index (χ2n) is 5.57. The number of anilines is 1. The van der Waals surface area contributed by atoms with Gasteiger partial charge < -0.3 is 5.32 Å². The van der Waals surface area contributed by atoms with Crippen LogP contribution in [0.25, 0.3) is 5.65 Å². The maximum atomic E-state index is 12.1. The second kappa shape index (κ2) is 7.72. The van der Waals surface area contributed by atoms with E-state index in [1.165, 1.54) is 22.2 Å². The normalized spacial score (nSPS) is 10.8. The highest BCUT2D eigenvalue weighted by Gasteiger charge is 2.06. The number of hydrogen-bond acceptors (Lipinski definition) is 4. The van der Waals surface area contributed by atoms with E-state index in [1.54, 1.807) is 18.3 Å². The lowest BCUT2D eigenvalue weighted by molar-refractivity contribution is -0.113. The second-order valence-corrected chi connectivity index (χ2v) is 6.99. The summed E-state index contributed by atoms with van der Waals surface area (Å²) in [5.41, 5.74) is 2.86. The summed E-state index contributed by atoms with van der Waals surface area (Å²) in [6.45, 7) is 1.97. The number of carbonyl (C=O) groups excluding carboxylic acids is 1. The number of nitrogens with one attached hydrogen (secondary N) is 1. The molecule has 0 bridgehead atoms. The van der Waals surface area contributed by atoms with Gasteiger partial charge in [0.1, 0.15) is 5.65 Å². The zero-order valence-corrected chi connectivity index (χ0v) is 15.1. The summed E-state index contributed by atoms with van der Waals surface area (Å²) in [6.07, 6.45) is 1.54. The van der Waals surface area contributed by atoms with Crippen molar-refractivity contribution in [2.24, 2.45) is 0 Å². The summed E-state index contributed by atoms with van der Waals surface area (Å²) in [4.78, 5) is 28.5. The molecule has 0 spiro atoms. The summed E-state index contributed by atoms with van der Waals surface area (Å²) in [5, 5.41) is 3.33. The number of halogens is 1. The standard InChI is InChI=1S/C18H16ClN3O2S/c1-12-3-2-4-14(7-12)21-17(23)11-25-10-15-8-18(24)22-9-13(19)5-6-16(22)20-15/h2-9H,10-11H2,1H3,(H,21,23). The maximum Gasteiger partial charge on any atom is 0.258 e. The average Bonchev–Trinajstić information content (AvgIpc) is 2.55. The minimum atomic E-state index is -0.188. The van der Waals surface area contributed by atoms with Gasteiger partial charge in [0.05, 0.1) is 16.5 Å². The molecule has 3 rings (SSSR count). The lowest BCUT2D eigenvalue weighted by Crippen LogP contribution is -2.16. The number of benzene rings is 1. The van der Waals surface area contributed by atoms with Crippen molar-refractivity contribution < 1.29 is 4.79 Å². The van der Waals surface area contributed by atoms with Crippen LogP contribution in [0, 0.1) is 6.92 Å². The molecule has 0 aliphatic rings. The van der Waals surface area contributed by atoms with Gasteiger partial charge in [0.15, 0.2) is 0 Å². The van der Waals surface area contributed by atoms with Gasteiger partial charge >= 0.3 is 0 Å². The van der Waals surface area contributed by atoms with Crippen LogP contribution in [-0.4, -0.2) is 21.0 Å². The fourth-order valence-corrected chi connectivity index (χ4v) is 3.25. The third kappa shape index (κ3) is 4.61. The zero-order chi connectivity index (χ0) is 17.8. The van der Waals surface area contributed by atoms with Crippen LogP contribution in [-0.2, 0) is 10.5 Å². The lowest BCUT2D eigenvalue weighted by atomic mass is 10.2. The predicted octanol–water partition coefficient (Wildman–Crippen LogP) is 3.53. The van der Waals surface area contributed by atoms with Crippen LogP contribution in [0.3, 0.4) is 0 Å². The van der Waals surface area contributed by atoms with Crippen molar-refractivity contribution in [1.82, 2.24) is 9.38 Å². The minimum Gasteiger partial charge on any atom is -0.325 e. The van der Waals surface area contributed by atoms with Gasteiger partial charge in [-0.25, -0.2) is 4.98 Å². The highest BCUT2D eigenvalue weighted by molar-refractivity contribution is 7.99. The molecule has 2 aromatic heterocycles. The van der Waals surface area contributed by atoms with Crippen LogP contribution in [0.5, 0.6) is 0 Å². The Morgan fingerprint density at radius 2 is 2.12 bits per heavy atom. The van der Waals surface area contributed by atoms with Crippen molar-refractivity contribution in [2.75, 3.05) is 11.1 Å². The summed E-state index contributed by atoms with van der Waals surface area (Å²) >= 11 is 7.30. The van der Waals surface area contributed by atoms with E-state index in [0.717, 1.165) is 11.3 Å². The molecule has 1 amide bonds. The molecule has 1 N–H and O–H groups in total. The van der Waals surface area contributed by atoms with Crippen LogP contribution in [0.15, 0.2) is 53.5 Å². The van der Waals surface area contributed by atoms with E-state index in [4.69, 9.17) is 11.6 Å². The minimum absolute atomic E-state index is 0.0834. The Balaban J connectivity index is 1.60. The molecule has 2 heterocycles. The van der Waals surface area contributed by atoms with Gasteiger partial charge in [-0.3, -0.25) is 14.0 Å². The van der Waals surface area contributed by atoms with Crippen LogP contribution < -0.4 is 10.9 Å². The summed E-state index contributed by atoms with van der Waals surface area (Å²) in [5.74, 6) is 0.686. The number of nitrogens with zero attached hydrogens (tertiary/aromatic N) is 2. The molecular formula is C18H16ClN3O2S. The Morgan fingerprint density at radius 3 is 2.92 bits per heavy atom. The topological polar surface area (TPSA) is 63.5 Å². The molecule has 0 atom stereocenters. The molecule has 5 nitrogen and oxygen atoms in total. The number of aryl methyl sites for hydroxylation is 1. The summed E-state index contributed by atoms with van der Waals surface area (Å²) in [6, 6.07) is 12.5. The Morgan fingerprint density at radius 1 is 1.28 bits per heavy atom. The van der Waals surface area contributed by atoms with E-state index >= 15 is 0 Å². The van der Waals surface area contributed by atoms with E-state index in [1.807, 2.05) is 31.2 Å². The SMILES string of the molecule is Cc1cccc(NC(=O)CSCc2cc(=O)n3cc(Cl)ccc3n2)c1. The van der Waals surface area contributed by atoms with Crippen LogP contribution in [0.1, 0.15) is 11.3 Å². The van der Waals surface area contributed by atoms with Gasteiger partial charge in [-0.05, 0) is 36.8 Å². The first kappa shape index (κ1) is 17.5. The number of carbonyl (C=O) groups is 1. The molecule has 0 fully saturated rings. The van der Waals surface area contributed by atoms with Crippen molar-refractivity contribution in [3.63, 3.8) is 0 Å². The Labute approximate surface area is 154 Å². The Hall–Kier alpha value is -2.31. The molecule has 25 heavy (non-hydrogen) atoms. The number of amides is 1. The van der Waals surface area contributed by atoms with E-state index in [9.17, 15) is 9.59 Å². The van der Waals surface area contributed by atoms with Gasteiger partial charge in [-0.1, -0.05) is 23.7 Å². The van der Waals surface area contributed by atoms with Crippen molar-refractivity contribution in [2.45, 2.75) is 12.7 Å². The molecule has 0 aliphatic carbocycles. The number of fused-ring (bicyclic) bond motifs is 1. The van der Waals surface area contributed by atoms with E-state index in [0.29, 0.717) is 22.1 Å². The number of hydrogen-bond donors (Lipinski definition) is 1. The number of aromatic nitrogens is 2. The molecular weight excluding hydrogens is 358 g/mol. The van der Waals surface area contributed by atoms with Crippen molar-refractivity contribution in [1.29, 1.82) is 0 Å². The first-order valence-electron chi connectivity index (χ1n) is 7.63. The Kier molecular flexibility index (Phi) is 5.40. The molecule has 0 aliphatic heterocycles. The maximum absolute atomic E-state index is 12.1. The zero-order valence-electron chi connectivity index (χ0n) is 13.5. The third-order valence-electron chi connectivity index (χ3n) is 3.46.